The van der Waals surface area contributed by atoms with Gasteiger partial charge >= 0.3 is 0 Å². The van der Waals surface area contributed by atoms with Crippen LogP contribution in [0, 0.1) is 0 Å². The van der Waals surface area contributed by atoms with Crippen LogP contribution in [-0.4, -0.2) is 4.57 Å². The molecule has 2 heterocycles. The lowest BCUT2D eigenvalue weighted by Crippen LogP contribution is -2.10. The molecular weight excluding hydrogens is 837 g/mol. The Balaban J connectivity index is 0.861. The predicted octanol–water partition coefficient (Wildman–Crippen LogP) is 18.5. The summed E-state index contributed by atoms with van der Waals surface area (Å²) in [7, 11) is 0. The largest absolute Gasteiger partial charge is 0.456 e. The second-order valence-corrected chi connectivity index (χ2v) is 17.7. The van der Waals surface area contributed by atoms with E-state index in [2.05, 4.69) is 264 Å². The maximum Gasteiger partial charge on any atom is 0.136 e. The first-order valence-electron chi connectivity index (χ1n) is 23.6. The normalized spacial score (nSPS) is 11.5. The number of para-hydroxylation sites is 3. The van der Waals surface area contributed by atoms with Crippen LogP contribution >= 0.6 is 0 Å². The summed E-state index contributed by atoms with van der Waals surface area (Å²) < 4.78 is 8.70. The minimum Gasteiger partial charge on any atom is -0.456 e. The molecule has 0 spiro atoms. The molecule has 3 nitrogen and oxygen atoms in total. The van der Waals surface area contributed by atoms with E-state index in [0.29, 0.717) is 0 Å². The van der Waals surface area contributed by atoms with E-state index in [9.17, 15) is 0 Å². The van der Waals surface area contributed by atoms with E-state index in [1.807, 2.05) is 12.1 Å². The van der Waals surface area contributed by atoms with E-state index >= 15 is 0 Å². The van der Waals surface area contributed by atoms with Crippen LogP contribution in [0.2, 0.25) is 0 Å². The van der Waals surface area contributed by atoms with Crippen LogP contribution in [0.4, 0.5) is 17.1 Å². The van der Waals surface area contributed by atoms with Gasteiger partial charge in [-0.05, 0) is 134 Å². The topological polar surface area (TPSA) is 21.3 Å². The number of furan rings is 1. The number of aromatic nitrogens is 1. The molecule has 0 saturated carbocycles. The van der Waals surface area contributed by atoms with E-state index < -0.39 is 0 Å². The van der Waals surface area contributed by atoms with Crippen LogP contribution < -0.4 is 4.90 Å². The highest BCUT2D eigenvalue weighted by atomic mass is 16.3. The molecule has 11 aromatic carbocycles. The zero-order valence-electron chi connectivity index (χ0n) is 37.7. The van der Waals surface area contributed by atoms with Crippen molar-refractivity contribution < 1.29 is 4.42 Å². The molecule has 0 amide bonds. The summed E-state index contributed by atoms with van der Waals surface area (Å²) >= 11 is 0. The number of benzene rings is 11. The Morgan fingerprint density at radius 1 is 0.275 bits per heavy atom. The lowest BCUT2D eigenvalue weighted by atomic mass is 9.97. The Morgan fingerprint density at radius 2 is 0.710 bits per heavy atom. The zero-order valence-corrected chi connectivity index (χ0v) is 37.7. The molecule has 0 saturated heterocycles. The predicted molar refractivity (Wildman–Crippen MR) is 290 cm³/mol. The second-order valence-electron chi connectivity index (χ2n) is 17.7. The molecule has 0 fully saturated rings. The number of rotatable bonds is 9. The van der Waals surface area contributed by atoms with Gasteiger partial charge in [0.2, 0.25) is 0 Å². The second kappa shape index (κ2) is 16.9. The third-order valence-electron chi connectivity index (χ3n) is 13.6. The summed E-state index contributed by atoms with van der Waals surface area (Å²) in [5.41, 5.74) is 20.2. The van der Waals surface area contributed by atoms with Gasteiger partial charge < -0.3 is 13.9 Å². The van der Waals surface area contributed by atoms with Crippen LogP contribution in [0.1, 0.15) is 0 Å². The van der Waals surface area contributed by atoms with Crippen LogP contribution in [0.15, 0.2) is 271 Å². The summed E-state index contributed by atoms with van der Waals surface area (Å²) in [5.74, 6) is 0. The van der Waals surface area contributed by atoms with Gasteiger partial charge in [-0.2, -0.15) is 0 Å². The first-order valence-corrected chi connectivity index (χ1v) is 23.6. The minimum absolute atomic E-state index is 0.887. The summed E-state index contributed by atoms with van der Waals surface area (Å²) in [4.78, 5) is 2.37. The van der Waals surface area contributed by atoms with E-state index in [1.54, 1.807) is 0 Å². The van der Waals surface area contributed by atoms with Gasteiger partial charge in [-0.25, -0.2) is 0 Å². The molecule has 3 heteroatoms. The van der Waals surface area contributed by atoms with Gasteiger partial charge in [0.15, 0.2) is 0 Å². The molecule has 0 unspecified atom stereocenters. The van der Waals surface area contributed by atoms with Gasteiger partial charge in [0, 0.05) is 44.3 Å². The van der Waals surface area contributed by atoms with Crippen molar-refractivity contribution in [2.24, 2.45) is 0 Å². The van der Waals surface area contributed by atoms with Crippen molar-refractivity contribution in [3.63, 3.8) is 0 Å². The van der Waals surface area contributed by atoms with Crippen molar-refractivity contribution in [3.8, 4) is 61.3 Å². The van der Waals surface area contributed by atoms with Gasteiger partial charge in [0.1, 0.15) is 11.2 Å². The first kappa shape index (κ1) is 40.1. The lowest BCUT2D eigenvalue weighted by molar-refractivity contribution is 0.669. The molecule has 13 aromatic rings. The van der Waals surface area contributed by atoms with Gasteiger partial charge in [0.05, 0.1) is 11.0 Å². The molecule has 0 aliphatic carbocycles. The van der Waals surface area contributed by atoms with Crippen molar-refractivity contribution in [2.45, 2.75) is 0 Å². The fourth-order valence-electron chi connectivity index (χ4n) is 10.3. The molecule has 0 N–H and O–H groups in total. The number of anilines is 3. The maximum absolute atomic E-state index is 6.33. The summed E-state index contributed by atoms with van der Waals surface area (Å²) in [6.45, 7) is 0. The quantitative estimate of drug-likeness (QED) is 0.144. The molecular formula is C66H44N2O. The molecule has 0 bridgehead atoms. The SMILES string of the molecule is c1ccc(-c2ccc(-c3cccc(N(c4ccc(-c5cccc(-c6ccc(-n7c8ccccc8c8ccccc87)cc6)c5)cc4)c4cccc(-c5cccc6oc7ccccc7c56)c4)c3)cc2)cc1. The molecule has 0 aliphatic rings. The third kappa shape index (κ3) is 7.25. The van der Waals surface area contributed by atoms with Crippen LogP contribution in [-0.2, 0) is 0 Å². The molecule has 0 atom stereocenters. The van der Waals surface area contributed by atoms with Crippen molar-refractivity contribution >= 4 is 60.8 Å². The van der Waals surface area contributed by atoms with E-state index in [1.165, 1.54) is 55.2 Å². The summed E-state index contributed by atoms with van der Waals surface area (Å²) in [6, 6.07) is 96.1. The van der Waals surface area contributed by atoms with E-state index in [-0.39, 0.29) is 0 Å². The highest BCUT2D eigenvalue weighted by Crippen LogP contribution is 2.42. The molecule has 0 aliphatic heterocycles. The number of hydrogen-bond acceptors (Lipinski definition) is 2. The van der Waals surface area contributed by atoms with Gasteiger partial charge in [-0.15, -0.1) is 0 Å². The maximum atomic E-state index is 6.33. The lowest BCUT2D eigenvalue weighted by Gasteiger charge is -2.27. The fourth-order valence-corrected chi connectivity index (χ4v) is 10.3. The van der Waals surface area contributed by atoms with Crippen LogP contribution in [0.3, 0.4) is 0 Å². The summed E-state index contributed by atoms with van der Waals surface area (Å²) in [5, 5.41) is 4.78. The van der Waals surface area contributed by atoms with Crippen molar-refractivity contribution in [1.82, 2.24) is 4.57 Å². The third-order valence-corrected chi connectivity index (χ3v) is 13.6. The highest BCUT2D eigenvalue weighted by Gasteiger charge is 2.18. The molecule has 324 valence electrons. The monoisotopic (exact) mass is 880 g/mol. The standard InChI is InChI=1S/C66H44N2O/c1-2-14-45(15-3-1)46-30-32-47(33-31-46)52-18-11-20-56(43-52)67(57-21-12-19-53(44-57)58-25-13-29-65-66(58)61-24-6-9-28-64(61)69-65)54-38-34-48(35-39-54)50-16-10-17-51(42-50)49-36-40-55(41-37-49)68-62-26-7-4-22-59(62)60-23-5-8-27-63(60)68/h1-44H. The molecule has 2 aromatic heterocycles. The highest BCUT2D eigenvalue weighted by molar-refractivity contribution is 6.13. The van der Waals surface area contributed by atoms with Crippen molar-refractivity contribution in [2.75, 3.05) is 4.90 Å². The Morgan fingerprint density at radius 3 is 1.36 bits per heavy atom. The number of hydrogen-bond donors (Lipinski definition) is 0. The molecule has 69 heavy (non-hydrogen) atoms. The molecule has 13 rings (SSSR count). The Bertz CT molecular complexity index is 3940. The zero-order chi connectivity index (χ0) is 45.7. The van der Waals surface area contributed by atoms with Crippen molar-refractivity contribution in [3.05, 3.63) is 267 Å². The first-order chi connectivity index (χ1) is 34.2. The van der Waals surface area contributed by atoms with Gasteiger partial charge in [-0.1, -0.05) is 188 Å². The van der Waals surface area contributed by atoms with E-state index in [4.69, 9.17) is 4.42 Å². The minimum atomic E-state index is 0.887. The van der Waals surface area contributed by atoms with Gasteiger partial charge in [-0.3, -0.25) is 0 Å². The Labute approximate surface area is 401 Å². The van der Waals surface area contributed by atoms with Crippen molar-refractivity contribution in [1.29, 1.82) is 0 Å². The number of nitrogens with zero attached hydrogens (tertiary/aromatic N) is 2. The Hall–Kier alpha value is -9.18. The van der Waals surface area contributed by atoms with Crippen LogP contribution in [0.5, 0.6) is 0 Å². The fraction of sp³-hybridized carbons (Fsp3) is 0. The average Bonchev–Trinajstić information content (AvgIpc) is 3.98. The smallest absolute Gasteiger partial charge is 0.136 e. The number of fused-ring (bicyclic) bond motifs is 6. The van der Waals surface area contributed by atoms with Crippen LogP contribution in [0.25, 0.3) is 105 Å². The summed E-state index contributed by atoms with van der Waals surface area (Å²) in [6.07, 6.45) is 0. The van der Waals surface area contributed by atoms with E-state index in [0.717, 1.165) is 66.9 Å². The van der Waals surface area contributed by atoms with Gasteiger partial charge in [0.25, 0.3) is 0 Å². The molecule has 0 radical (unpaired) electrons. The average molecular weight is 881 g/mol. The Kier molecular flexibility index (Phi) is 9.84.